The molecule has 0 spiro atoms. The Morgan fingerprint density at radius 3 is 2.57 bits per heavy atom. The van der Waals surface area contributed by atoms with Crippen molar-refractivity contribution in [3.8, 4) is 11.1 Å². The van der Waals surface area contributed by atoms with Crippen LogP contribution in [0.4, 0.5) is 4.39 Å². The molecule has 1 N–H and O–H groups in total. The highest BCUT2D eigenvalue weighted by molar-refractivity contribution is 5.88. The van der Waals surface area contributed by atoms with Gasteiger partial charge in [0.25, 0.3) is 0 Å². The second-order valence-electron chi connectivity index (χ2n) is 6.49. The molecule has 1 aliphatic rings. The maximum atomic E-state index is 13.0. The van der Waals surface area contributed by atoms with E-state index in [1.54, 1.807) is 24.5 Å². The van der Waals surface area contributed by atoms with E-state index in [4.69, 9.17) is 0 Å². The van der Waals surface area contributed by atoms with Crippen molar-refractivity contribution in [3.05, 3.63) is 90.4 Å². The Morgan fingerprint density at radius 1 is 1.11 bits per heavy atom. The number of nitrogens with one attached hydrogen (secondary N) is 1. The molecule has 7 heteroatoms. The Balaban J connectivity index is 1.60. The summed E-state index contributed by atoms with van der Waals surface area (Å²) in [5, 5.41) is 11.0. The third-order valence-electron chi connectivity index (χ3n) is 4.75. The highest BCUT2D eigenvalue weighted by atomic mass is 19.1. The minimum Gasteiger partial charge on any atom is -0.346 e. The Labute approximate surface area is 161 Å². The number of carbonyl (C=O) groups excluding carboxylic acids is 1. The number of hydrogen-bond acceptors (Lipinski definition) is 5. The minimum atomic E-state index is -0.497. The molecule has 0 fully saturated rings. The van der Waals surface area contributed by atoms with Crippen molar-refractivity contribution in [1.82, 2.24) is 25.4 Å². The number of carbonyl (C=O) groups is 1. The molecular formula is C21H18FN5O. The van der Waals surface area contributed by atoms with Crippen molar-refractivity contribution >= 4 is 5.91 Å². The zero-order valence-electron chi connectivity index (χ0n) is 15.2. The van der Waals surface area contributed by atoms with Crippen molar-refractivity contribution in [2.45, 2.75) is 19.1 Å². The minimum absolute atomic E-state index is 0.0238. The van der Waals surface area contributed by atoms with Crippen molar-refractivity contribution in [3.63, 3.8) is 0 Å². The Kier molecular flexibility index (Phi) is 4.80. The number of halogens is 1. The first-order valence-corrected chi connectivity index (χ1v) is 8.87. The van der Waals surface area contributed by atoms with Gasteiger partial charge in [0, 0.05) is 30.2 Å². The topological polar surface area (TPSA) is 71.0 Å². The summed E-state index contributed by atoms with van der Waals surface area (Å²) in [5.74, 6) is -0.666. The van der Waals surface area contributed by atoms with Crippen LogP contribution in [-0.4, -0.2) is 26.0 Å². The molecule has 0 radical (unpaired) electrons. The second-order valence-corrected chi connectivity index (χ2v) is 6.49. The van der Waals surface area contributed by atoms with E-state index < -0.39 is 12.1 Å². The highest BCUT2D eigenvalue weighted by Crippen LogP contribution is 2.31. The van der Waals surface area contributed by atoms with Gasteiger partial charge in [-0.05, 0) is 42.3 Å². The average Bonchev–Trinajstić information content (AvgIpc) is 2.74. The van der Waals surface area contributed by atoms with Gasteiger partial charge in [-0.1, -0.05) is 24.3 Å². The lowest BCUT2D eigenvalue weighted by atomic mass is 10.0. The molecule has 2 atom stereocenters. The van der Waals surface area contributed by atoms with E-state index in [9.17, 15) is 9.18 Å². The van der Waals surface area contributed by atoms with Crippen LogP contribution in [0.3, 0.4) is 0 Å². The van der Waals surface area contributed by atoms with Crippen LogP contribution in [0.2, 0.25) is 0 Å². The summed E-state index contributed by atoms with van der Waals surface area (Å²) < 4.78 is 13.0. The highest BCUT2D eigenvalue weighted by Gasteiger charge is 2.28. The van der Waals surface area contributed by atoms with Crippen LogP contribution in [0, 0.1) is 5.95 Å². The molecule has 0 aliphatic carbocycles. The fraction of sp³-hybridized carbons (Fsp3) is 0.143. The third-order valence-corrected chi connectivity index (χ3v) is 4.75. The number of benzene rings is 1. The summed E-state index contributed by atoms with van der Waals surface area (Å²) >= 11 is 0. The SMILES string of the molecule is C[C@@H](c1ccc(-c2ccc(F)nc2)cc1)N1C=CC(=O)NC1c1cccnn1. The van der Waals surface area contributed by atoms with Crippen LogP contribution < -0.4 is 5.32 Å². The van der Waals surface area contributed by atoms with E-state index in [1.807, 2.05) is 35.2 Å². The molecule has 0 bridgehead atoms. The van der Waals surface area contributed by atoms with E-state index in [2.05, 4.69) is 27.4 Å². The van der Waals surface area contributed by atoms with Crippen molar-refractivity contribution in [1.29, 1.82) is 0 Å². The fourth-order valence-electron chi connectivity index (χ4n) is 3.21. The van der Waals surface area contributed by atoms with Crippen LogP contribution in [0.25, 0.3) is 11.1 Å². The molecule has 4 rings (SSSR count). The van der Waals surface area contributed by atoms with Crippen molar-refractivity contribution in [2.24, 2.45) is 0 Å². The summed E-state index contributed by atoms with van der Waals surface area (Å²) in [6, 6.07) is 14.6. The van der Waals surface area contributed by atoms with Gasteiger partial charge in [0.15, 0.2) is 0 Å². The van der Waals surface area contributed by atoms with Gasteiger partial charge in [0.1, 0.15) is 11.9 Å². The zero-order chi connectivity index (χ0) is 19.5. The smallest absolute Gasteiger partial charge is 0.247 e. The van der Waals surface area contributed by atoms with E-state index in [1.165, 1.54) is 18.3 Å². The molecular weight excluding hydrogens is 357 g/mol. The van der Waals surface area contributed by atoms with Gasteiger partial charge in [-0.15, -0.1) is 0 Å². The van der Waals surface area contributed by atoms with Gasteiger partial charge in [-0.2, -0.15) is 14.6 Å². The Morgan fingerprint density at radius 2 is 1.89 bits per heavy atom. The maximum Gasteiger partial charge on any atom is 0.247 e. The molecule has 1 amide bonds. The van der Waals surface area contributed by atoms with Gasteiger partial charge in [-0.25, -0.2) is 4.98 Å². The van der Waals surface area contributed by atoms with E-state index in [0.29, 0.717) is 5.69 Å². The molecule has 0 saturated heterocycles. The predicted molar refractivity (Wildman–Crippen MR) is 102 cm³/mol. The predicted octanol–water partition coefficient (Wildman–Crippen LogP) is 3.38. The monoisotopic (exact) mass is 375 g/mol. The van der Waals surface area contributed by atoms with Crippen molar-refractivity contribution in [2.75, 3.05) is 0 Å². The first kappa shape index (κ1) is 17.8. The van der Waals surface area contributed by atoms with Crippen molar-refractivity contribution < 1.29 is 9.18 Å². The first-order valence-electron chi connectivity index (χ1n) is 8.87. The zero-order valence-corrected chi connectivity index (χ0v) is 15.2. The lowest BCUT2D eigenvalue weighted by Gasteiger charge is -2.37. The van der Waals surface area contributed by atoms with Crippen LogP contribution in [0.15, 0.2) is 73.2 Å². The molecule has 28 heavy (non-hydrogen) atoms. The van der Waals surface area contributed by atoms with Crippen LogP contribution in [0.5, 0.6) is 0 Å². The summed E-state index contributed by atoms with van der Waals surface area (Å²) in [5.41, 5.74) is 3.54. The molecule has 6 nitrogen and oxygen atoms in total. The number of hydrogen-bond donors (Lipinski definition) is 1. The van der Waals surface area contributed by atoms with Crippen LogP contribution in [0.1, 0.15) is 30.4 Å². The summed E-state index contributed by atoms with van der Waals surface area (Å²) in [6.45, 7) is 2.06. The second kappa shape index (κ2) is 7.56. The lowest BCUT2D eigenvalue weighted by Crippen LogP contribution is -2.43. The number of nitrogens with zero attached hydrogens (tertiary/aromatic N) is 4. The average molecular weight is 375 g/mol. The normalized spacial score (nSPS) is 17.3. The fourth-order valence-corrected chi connectivity index (χ4v) is 3.21. The van der Waals surface area contributed by atoms with Gasteiger partial charge in [0.05, 0.1) is 6.04 Å². The summed E-state index contributed by atoms with van der Waals surface area (Å²) in [4.78, 5) is 17.6. The first-order chi connectivity index (χ1) is 13.6. The third kappa shape index (κ3) is 3.59. The van der Waals surface area contributed by atoms with Gasteiger partial charge >= 0.3 is 0 Å². The van der Waals surface area contributed by atoms with Gasteiger partial charge in [-0.3, -0.25) is 4.79 Å². The van der Waals surface area contributed by atoms with Gasteiger partial charge in [0.2, 0.25) is 11.9 Å². The van der Waals surface area contributed by atoms with E-state index >= 15 is 0 Å². The molecule has 1 aliphatic heterocycles. The number of amides is 1. The quantitative estimate of drug-likeness (QED) is 0.708. The molecule has 3 aromatic rings. The van der Waals surface area contributed by atoms with Crippen LogP contribution >= 0.6 is 0 Å². The molecule has 1 unspecified atom stereocenters. The summed E-state index contributed by atoms with van der Waals surface area (Å²) in [6.07, 6.45) is 5.99. The maximum absolute atomic E-state index is 13.0. The van der Waals surface area contributed by atoms with E-state index in [-0.39, 0.29) is 11.9 Å². The van der Waals surface area contributed by atoms with E-state index in [0.717, 1.165) is 16.7 Å². The lowest BCUT2D eigenvalue weighted by molar-refractivity contribution is -0.119. The molecule has 3 heterocycles. The summed E-state index contributed by atoms with van der Waals surface area (Å²) in [7, 11) is 0. The molecule has 1 aromatic carbocycles. The molecule has 0 saturated carbocycles. The Bertz CT molecular complexity index is 990. The molecule has 140 valence electrons. The van der Waals surface area contributed by atoms with Crippen LogP contribution in [-0.2, 0) is 4.79 Å². The number of rotatable bonds is 4. The number of pyridine rings is 1. The van der Waals surface area contributed by atoms with Gasteiger partial charge < -0.3 is 10.2 Å². The number of aromatic nitrogens is 3. The largest absolute Gasteiger partial charge is 0.346 e. The standard InChI is InChI=1S/C21H18FN5O/c1-14(15-4-6-16(7-5-15)17-8-9-19(22)23-13-17)27-12-10-20(28)25-21(27)18-3-2-11-24-26-18/h2-14,21H,1H3,(H,25,28)/t14-,21?/m0/s1. The molecule has 2 aromatic heterocycles. The Hall–Kier alpha value is -3.61.